The fraction of sp³-hybridized carbons (Fsp3) is 0.667. The van der Waals surface area contributed by atoms with Gasteiger partial charge in [0, 0.05) is 19.0 Å². The van der Waals surface area contributed by atoms with E-state index in [2.05, 4.69) is 41.2 Å². The summed E-state index contributed by atoms with van der Waals surface area (Å²) >= 11 is 0. The van der Waals surface area contributed by atoms with Crippen LogP contribution in [0, 0.1) is 11.8 Å². The third kappa shape index (κ3) is 2.30. The molecule has 0 amide bonds. The number of anilines is 1. The highest BCUT2D eigenvalue weighted by Crippen LogP contribution is 2.49. The van der Waals surface area contributed by atoms with Crippen LogP contribution in [0.3, 0.4) is 0 Å². The van der Waals surface area contributed by atoms with Gasteiger partial charge < -0.3 is 4.90 Å². The molecule has 0 radical (unpaired) electrons. The molecule has 23 heavy (non-hydrogen) atoms. The first-order valence-corrected chi connectivity index (χ1v) is 9.04. The van der Waals surface area contributed by atoms with Crippen LogP contribution < -0.4 is 16.1 Å². The summed E-state index contributed by atoms with van der Waals surface area (Å²) in [6.07, 6.45) is 7.61. The number of hydrogen-bond acceptors (Lipinski definition) is 5. The van der Waals surface area contributed by atoms with Crippen molar-refractivity contribution in [2.45, 2.75) is 50.8 Å². The molecule has 5 heteroatoms. The van der Waals surface area contributed by atoms with Gasteiger partial charge in [0.25, 0.3) is 0 Å². The van der Waals surface area contributed by atoms with Gasteiger partial charge >= 0.3 is 0 Å². The van der Waals surface area contributed by atoms with Crippen LogP contribution in [0.4, 0.5) is 5.69 Å². The summed E-state index contributed by atoms with van der Waals surface area (Å²) in [4.78, 5) is 8.48. The predicted octanol–water partition coefficient (Wildman–Crippen LogP) is 2.34. The van der Waals surface area contributed by atoms with E-state index in [4.69, 9.17) is 4.84 Å². The van der Waals surface area contributed by atoms with E-state index in [1.807, 2.05) is 5.12 Å². The van der Waals surface area contributed by atoms with Gasteiger partial charge in [-0.3, -0.25) is 4.84 Å². The topological polar surface area (TPSA) is 39.8 Å². The molecule has 0 aromatic heterocycles. The van der Waals surface area contributed by atoms with Crippen LogP contribution in [0.15, 0.2) is 18.2 Å². The molecule has 2 aliphatic heterocycles. The first-order valence-electron chi connectivity index (χ1n) is 9.04. The zero-order valence-electron chi connectivity index (χ0n) is 13.8. The largest absolute Gasteiger partial charge is 0.302 e. The van der Waals surface area contributed by atoms with E-state index in [1.165, 1.54) is 36.8 Å². The van der Waals surface area contributed by atoms with Crippen LogP contribution in [0.1, 0.15) is 43.2 Å². The molecule has 2 N–H and O–H groups in total. The SMILES string of the molecule is CN1CCc2cc(N3NO[C@]4(CC5CCC4CC5)N3)ccc2C1. The van der Waals surface area contributed by atoms with E-state index in [0.29, 0.717) is 5.92 Å². The maximum absolute atomic E-state index is 6.10. The zero-order valence-corrected chi connectivity index (χ0v) is 13.8. The maximum atomic E-state index is 6.10. The summed E-state index contributed by atoms with van der Waals surface area (Å²) in [6.45, 7) is 2.20. The Hall–Kier alpha value is -1.14. The van der Waals surface area contributed by atoms with Crippen molar-refractivity contribution in [3.8, 4) is 0 Å². The monoisotopic (exact) mass is 314 g/mol. The molecule has 1 aromatic carbocycles. The van der Waals surface area contributed by atoms with E-state index in [0.717, 1.165) is 37.5 Å². The Labute approximate surface area is 137 Å². The third-order valence-corrected chi connectivity index (χ3v) is 6.37. The van der Waals surface area contributed by atoms with Crippen molar-refractivity contribution in [3.63, 3.8) is 0 Å². The number of benzene rings is 1. The van der Waals surface area contributed by atoms with E-state index >= 15 is 0 Å². The Morgan fingerprint density at radius 3 is 2.83 bits per heavy atom. The molecule has 6 rings (SSSR count). The third-order valence-electron chi connectivity index (χ3n) is 6.37. The number of likely N-dealkylation sites (N-methyl/N-ethyl adjacent to an activating group) is 1. The van der Waals surface area contributed by atoms with Crippen molar-refractivity contribution in [2.24, 2.45) is 11.8 Å². The predicted molar refractivity (Wildman–Crippen MR) is 89.1 cm³/mol. The van der Waals surface area contributed by atoms with Gasteiger partial charge in [-0.15, -0.1) is 0 Å². The van der Waals surface area contributed by atoms with Crippen molar-refractivity contribution in [2.75, 3.05) is 18.7 Å². The molecule has 3 saturated carbocycles. The number of nitrogens with one attached hydrogen (secondary N) is 2. The van der Waals surface area contributed by atoms with Crippen LogP contribution in [-0.2, 0) is 17.8 Å². The standard InChI is InChI=1S/C18H26N4O/c1-21-9-8-14-10-17(7-4-15(14)12-21)22-19-18(23-20-22)11-13-2-5-16(18)6-3-13/h4,7,10,13,16,19-20H,2-3,5-6,8-9,11-12H2,1H3/t13?,16?,18-/m0/s1. The molecule has 3 aliphatic carbocycles. The lowest BCUT2D eigenvalue weighted by atomic mass is 9.66. The van der Waals surface area contributed by atoms with Crippen molar-refractivity contribution in [1.82, 2.24) is 15.9 Å². The second-order valence-electron chi connectivity index (χ2n) is 7.89. The molecule has 1 saturated heterocycles. The normalized spacial score (nSPS) is 36.7. The summed E-state index contributed by atoms with van der Waals surface area (Å²) in [5.41, 5.74) is 10.7. The summed E-state index contributed by atoms with van der Waals surface area (Å²) in [6, 6.07) is 6.77. The molecule has 5 nitrogen and oxygen atoms in total. The molecule has 1 atom stereocenters. The van der Waals surface area contributed by atoms with Gasteiger partial charge in [-0.1, -0.05) is 11.7 Å². The Bertz CT molecular complexity index is 613. The second kappa shape index (κ2) is 5.18. The fourth-order valence-corrected chi connectivity index (χ4v) is 4.99. The Kier molecular flexibility index (Phi) is 3.20. The minimum absolute atomic E-state index is 0.183. The van der Waals surface area contributed by atoms with Crippen LogP contribution in [-0.4, -0.2) is 24.2 Å². The van der Waals surface area contributed by atoms with Crippen LogP contribution in [0.25, 0.3) is 0 Å². The van der Waals surface area contributed by atoms with Gasteiger partial charge in [0.15, 0.2) is 5.72 Å². The number of fused-ring (bicyclic) bond motifs is 3. The average molecular weight is 314 g/mol. The average Bonchev–Trinajstić information content (AvgIpc) is 2.99. The van der Waals surface area contributed by atoms with Crippen LogP contribution >= 0.6 is 0 Å². The lowest BCUT2D eigenvalue weighted by Gasteiger charge is -2.47. The smallest absolute Gasteiger partial charge is 0.163 e. The van der Waals surface area contributed by atoms with Gasteiger partial charge in [0.2, 0.25) is 0 Å². The van der Waals surface area contributed by atoms with Gasteiger partial charge in [-0.2, -0.15) is 5.43 Å². The first kappa shape index (κ1) is 14.2. The van der Waals surface area contributed by atoms with Gasteiger partial charge in [-0.05, 0) is 74.8 Å². The summed E-state index contributed by atoms with van der Waals surface area (Å²) in [7, 11) is 2.19. The van der Waals surface area contributed by atoms with E-state index in [9.17, 15) is 0 Å². The molecule has 2 bridgehead atoms. The highest BCUT2D eigenvalue weighted by atomic mass is 16.7. The lowest BCUT2D eigenvalue weighted by molar-refractivity contribution is -0.153. The Morgan fingerprint density at radius 2 is 2.04 bits per heavy atom. The number of rotatable bonds is 1. The van der Waals surface area contributed by atoms with Crippen molar-refractivity contribution in [1.29, 1.82) is 0 Å². The van der Waals surface area contributed by atoms with Crippen molar-refractivity contribution < 1.29 is 4.84 Å². The lowest BCUT2D eigenvalue weighted by Crippen LogP contribution is -2.57. The molecular weight excluding hydrogens is 288 g/mol. The van der Waals surface area contributed by atoms with Crippen molar-refractivity contribution in [3.05, 3.63) is 29.3 Å². The number of hydrogen-bond donors (Lipinski definition) is 2. The number of hydrazine groups is 2. The quantitative estimate of drug-likeness (QED) is 0.832. The molecule has 1 spiro atoms. The molecule has 1 aromatic rings. The highest BCUT2D eigenvalue weighted by Gasteiger charge is 2.53. The maximum Gasteiger partial charge on any atom is 0.163 e. The van der Waals surface area contributed by atoms with E-state index < -0.39 is 0 Å². The minimum Gasteiger partial charge on any atom is -0.302 e. The van der Waals surface area contributed by atoms with E-state index in [1.54, 1.807) is 0 Å². The molecule has 0 unspecified atom stereocenters. The fourth-order valence-electron chi connectivity index (χ4n) is 4.99. The molecular formula is C18H26N4O. The summed E-state index contributed by atoms with van der Waals surface area (Å²) in [5.74, 6) is 1.46. The van der Waals surface area contributed by atoms with Gasteiger partial charge in [-0.25, -0.2) is 5.12 Å². The summed E-state index contributed by atoms with van der Waals surface area (Å²) < 4.78 is 0. The van der Waals surface area contributed by atoms with Crippen LogP contribution in [0.2, 0.25) is 0 Å². The zero-order chi connectivity index (χ0) is 15.4. The van der Waals surface area contributed by atoms with Gasteiger partial charge in [0.1, 0.15) is 0 Å². The Morgan fingerprint density at radius 1 is 1.17 bits per heavy atom. The second-order valence-corrected chi connectivity index (χ2v) is 7.89. The minimum atomic E-state index is -0.183. The molecule has 124 valence electrons. The first-order chi connectivity index (χ1) is 11.2. The van der Waals surface area contributed by atoms with Crippen molar-refractivity contribution >= 4 is 5.69 Å². The van der Waals surface area contributed by atoms with Gasteiger partial charge in [0.05, 0.1) is 5.69 Å². The highest BCUT2D eigenvalue weighted by molar-refractivity contribution is 5.50. The molecule has 5 aliphatic rings. The summed E-state index contributed by atoms with van der Waals surface area (Å²) in [5, 5.41) is 2.00. The number of nitrogens with zero attached hydrogens (tertiary/aromatic N) is 2. The Balaban J connectivity index is 1.37. The van der Waals surface area contributed by atoms with Crippen LogP contribution in [0.5, 0.6) is 0 Å². The molecule has 4 fully saturated rings. The molecule has 2 heterocycles. The van der Waals surface area contributed by atoms with E-state index in [-0.39, 0.29) is 5.72 Å².